The van der Waals surface area contributed by atoms with E-state index in [2.05, 4.69) is 4.98 Å². The lowest BCUT2D eigenvalue weighted by Crippen LogP contribution is -2.04. The van der Waals surface area contributed by atoms with Gasteiger partial charge in [0.05, 0.1) is 17.3 Å². The lowest BCUT2D eigenvalue weighted by molar-refractivity contribution is 0.158. The zero-order valence-corrected chi connectivity index (χ0v) is 9.10. The molecule has 0 bridgehead atoms. The van der Waals surface area contributed by atoms with Crippen LogP contribution in [0, 0.1) is 6.92 Å². The number of thiazole rings is 1. The molecular formula is C10H17NOS. The van der Waals surface area contributed by atoms with E-state index in [1.807, 2.05) is 19.4 Å². The number of aliphatic hydroxyl groups excluding tert-OH is 1. The van der Waals surface area contributed by atoms with Crippen molar-refractivity contribution in [1.29, 1.82) is 0 Å². The molecule has 1 unspecified atom stereocenters. The largest absolute Gasteiger partial charge is 0.393 e. The van der Waals surface area contributed by atoms with Gasteiger partial charge in [-0.15, -0.1) is 11.3 Å². The van der Waals surface area contributed by atoms with Gasteiger partial charge in [0.25, 0.3) is 0 Å². The summed E-state index contributed by atoms with van der Waals surface area (Å²) in [4.78, 5) is 5.55. The molecule has 13 heavy (non-hydrogen) atoms. The molecule has 1 N–H and O–H groups in total. The quantitative estimate of drug-likeness (QED) is 0.790. The fourth-order valence-corrected chi connectivity index (χ4v) is 2.09. The van der Waals surface area contributed by atoms with E-state index in [0.717, 1.165) is 31.4 Å². The fraction of sp³-hybridized carbons (Fsp3) is 0.700. The van der Waals surface area contributed by atoms with E-state index >= 15 is 0 Å². The number of hydrogen-bond donors (Lipinski definition) is 1. The molecule has 0 saturated carbocycles. The van der Waals surface area contributed by atoms with Crippen molar-refractivity contribution in [1.82, 2.24) is 4.98 Å². The number of hydrogen-bond acceptors (Lipinski definition) is 3. The molecular weight excluding hydrogens is 182 g/mol. The number of aliphatic hydroxyl groups is 1. The maximum absolute atomic E-state index is 9.34. The summed E-state index contributed by atoms with van der Waals surface area (Å²) in [6.45, 7) is 4.06. The molecule has 1 heterocycles. The average molecular weight is 199 g/mol. The molecule has 1 aromatic rings. The van der Waals surface area contributed by atoms with Crippen LogP contribution in [-0.2, 0) is 6.42 Å². The number of nitrogens with zero attached hydrogens (tertiary/aromatic N) is 1. The minimum absolute atomic E-state index is 0.117. The first-order chi connectivity index (χ1) is 6.24. The van der Waals surface area contributed by atoms with Gasteiger partial charge in [-0.25, -0.2) is 4.98 Å². The van der Waals surface area contributed by atoms with Gasteiger partial charge in [0, 0.05) is 4.88 Å². The van der Waals surface area contributed by atoms with Crippen molar-refractivity contribution in [2.24, 2.45) is 0 Å². The van der Waals surface area contributed by atoms with Gasteiger partial charge in [0.1, 0.15) is 0 Å². The fourth-order valence-electron chi connectivity index (χ4n) is 1.27. The summed E-state index contributed by atoms with van der Waals surface area (Å²) in [7, 11) is 0. The van der Waals surface area contributed by atoms with Gasteiger partial charge in [-0.3, -0.25) is 0 Å². The standard InChI is InChI=1S/C10H17NOS/c1-3-9(12)5-4-6-10-8(2)11-7-13-10/h7,9,12H,3-6H2,1-2H3. The highest BCUT2D eigenvalue weighted by Gasteiger charge is 2.03. The first-order valence-corrected chi connectivity index (χ1v) is 5.69. The van der Waals surface area contributed by atoms with E-state index in [0.29, 0.717) is 0 Å². The van der Waals surface area contributed by atoms with Crippen molar-refractivity contribution in [2.45, 2.75) is 45.6 Å². The van der Waals surface area contributed by atoms with E-state index in [1.54, 1.807) is 11.3 Å². The van der Waals surface area contributed by atoms with Crippen molar-refractivity contribution in [3.05, 3.63) is 16.1 Å². The van der Waals surface area contributed by atoms with Crippen LogP contribution in [0.1, 0.15) is 36.8 Å². The van der Waals surface area contributed by atoms with Crippen LogP contribution in [0.3, 0.4) is 0 Å². The van der Waals surface area contributed by atoms with E-state index in [4.69, 9.17) is 0 Å². The molecule has 74 valence electrons. The Hall–Kier alpha value is -0.410. The van der Waals surface area contributed by atoms with Crippen molar-refractivity contribution in [3.63, 3.8) is 0 Å². The maximum Gasteiger partial charge on any atom is 0.0797 e. The van der Waals surface area contributed by atoms with Gasteiger partial charge in [0.15, 0.2) is 0 Å². The van der Waals surface area contributed by atoms with Gasteiger partial charge in [0.2, 0.25) is 0 Å². The van der Waals surface area contributed by atoms with E-state index in [1.165, 1.54) is 4.88 Å². The van der Waals surface area contributed by atoms with Gasteiger partial charge < -0.3 is 5.11 Å². The summed E-state index contributed by atoms with van der Waals surface area (Å²) in [5.74, 6) is 0. The van der Waals surface area contributed by atoms with Crippen molar-refractivity contribution in [3.8, 4) is 0 Å². The smallest absolute Gasteiger partial charge is 0.0797 e. The van der Waals surface area contributed by atoms with E-state index in [-0.39, 0.29) is 6.10 Å². The Kier molecular flexibility index (Phi) is 4.39. The van der Waals surface area contributed by atoms with Crippen LogP contribution in [0.5, 0.6) is 0 Å². The molecule has 0 aliphatic heterocycles. The Morgan fingerprint density at radius 1 is 1.62 bits per heavy atom. The van der Waals surface area contributed by atoms with Crippen LogP contribution in [-0.4, -0.2) is 16.2 Å². The molecule has 3 heteroatoms. The number of rotatable bonds is 5. The second kappa shape index (κ2) is 5.35. The Balaban J connectivity index is 2.24. The van der Waals surface area contributed by atoms with Crippen LogP contribution in [0.4, 0.5) is 0 Å². The van der Waals surface area contributed by atoms with E-state index in [9.17, 15) is 5.11 Å². The summed E-state index contributed by atoms with van der Waals surface area (Å²) in [6, 6.07) is 0. The van der Waals surface area contributed by atoms with Crippen molar-refractivity contribution >= 4 is 11.3 Å². The Morgan fingerprint density at radius 2 is 2.38 bits per heavy atom. The summed E-state index contributed by atoms with van der Waals surface area (Å²) in [6.07, 6.45) is 3.79. The molecule has 1 atom stereocenters. The first-order valence-electron chi connectivity index (χ1n) is 4.81. The molecule has 0 radical (unpaired) electrons. The second-order valence-corrected chi connectivity index (χ2v) is 4.25. The third-order valence-electron chi connectivity index (χ3n) is 2.26. The summed E-state index contributed by atoms with van der Waals surface area (Å²) in [5.41, 5.74) is 3.04. The van der Waals surface area contributed by atoms with Crippen molar-refractivity contribution in [2.75, 3.05) is 0 Å². The second-order valence-electron chi connectivity index (χ2n) is 3.32. The van der Waals surface area contributed by atoms with E-state index < -0.39 is 0 Å². The third-order valence-corrected chi connectivity index (χ3v) is 3.25. The maximum atomic E-state index is 9.34. The molecule has 0 aromatic carbocycles. The zero-order valence-electron chi connectivity index (χ0n) is 8.29. The molecule has 2 nitrogen and oxygen atoms in total. The average Bonchev–Trinajstić information content (AvgIpc) is 2.52. The summed E-state index contributed by atoms with van der Waals surface area (Å²) >= 11 is 1.72. The normalized spacial score (nSPS) is 13.2. The molecule has 0 aliphatic carbocycles. The third kappa shape index (κ3) is 3.44. The van der Waals surface area contributed by atoms with Gasteiger partial charge in [-0.2, -0.15) is 0 Å². The Morgan fingerprint density at radius 3 is 2.92 bits per heavy atom. The van der Waals surface area contributed by atoms with Gasteiger partial charge in [-0.1, -0.05) is 6.92 Å². The SMILES string of the molecule is CCC(O)CCCc1scnc1C. The molecule has 0 spiro atoms. The molecule has 1 rings (SSSR count). The minimum atomic E-state index is -0.117. The lowest BCUT2D eigenvalue weighted by Gasteiger charge is -2.05. The van der Waals surface area contributed by atoms with Crippen LogP contribution in [0.15, 0.2) is 5.51 Å². The first kappa shape index (κ1) is 10.7. The van der Waals surface area contributed by atoms with Crippen molar-refractivity contribution < 1.29 is 5.11 Å². The predicted molar refractivity (Wildman–Crippen MR) is 56.1 cm³/mol. The Bertz CT molecular complexity index is 247. The summed E-state index contributed by atoms with van der Waals surface area (Å²) in [5, 5.41) is 9.34. The molecule has 0 amide bonds. The Labute approximate surface area is 83.6 Å². The number of aryl methyl sites for hydroxylation is 2. The van der Waals surface area contributed by atoms with Crippen LogP contribution < -0.4 is 0 Å². The predicted octanol–water partition coefficient (Wildman–Crippen LogP) is 2.55. The number of aromatic nitrogens is 1. The minimum Gasteiger partial charge on any atom is -0.393 e. The van der Waals surface area contributed by atoms with Crippen LogP contribution >= 0.6 is 11.3 Å². The molecule has 1 aromatic heterocycles. The monoisotopic (exact) mass is 199 g/mol. The molecule has 0 aliphatic rings. The van der Waals surface area contributed by atoms with Crippen LogP contribution in [0.25, 0.3) is 0 Å². The highest BCUT2D eigenvalue weighted by molar-refractivity contribution is 7.09. The molecule has 0 saturated heterocycles. The lowest BCUT2D eigenvalue weighted by atomic mass is 10.1. The summed E-state index contributed by atoms with van der Waals surface area (Å²) < 4.78 is 0. The topological polar surface area (TPSA) is 33.1 Å². The van der Waals surface area contributed by atoms with Crippen LogP contribution in [0.2, 0.25) is 0 Å². The van der Waals surface area contributed by atoms with Gasteiger partial charge >= 0.3 is 0 Å². The molecule has 0 fully saturated rings. The highest BCUT2D eigenvalue weighted by atomic mass is 32.1. The highest BCUT2D eigenvalue weighted by Crippen LogP contribution is 2.16. The van der Waals surface area contributed by atoms with Gasteiger partial charge in [-0.05, 0) is 32.6 Å². The zero-order chi connectivity index (χ0) is 9.68.